The van der Waals surface area contributed by atoms with Crippen molar-refractivity contribution in [2.75, 3.05) is 13.2 Å². The Kier molecular flexibility index (Phi) is 35.9. The van der Waals surface area contributed by atoms with Crippen molar-refractivity contribution < 1.29 is 19.1 Å². The van der Waals surface area contributed by atoms with E-state index >= 15 is 0 Å². The normalized spacial score (nSPS) is 11.5. The summed E-state index contributed by atoms with van der Waals surface area (Å²) in [4.78, 5) is 23.9. The van der Waals surface area contributed by atoms with Crippen LogP contribution in [0, 0.1) is 11.8 Å². The SMILES string of the molecule is CC(C)CCCCCCCCCCCCCOC(=O)CCCCCCCCC(=O)OCCCCCCCCCCCCCC(C)C. The summed E-state index contributed by atoms with van der Waals surface area (Å²) < 4.78 is 10.8. The molecule has 0 aliphatic heterocycles. The van der Waals surface area contributed by atoms with Gasteiger partial charge in [-0.1, -0.05) is 195 Å². The Bertz CT molecular complexity index is 575. The second kappa shape index (κ2) is 36.8. The van der Waals surface area contributed by atoms with Crippen molar-refractivity contribution in [1.82, 2.24) is 0 Å². The van der Waals surface area contributed by atoms with Crippen LogP contribution in [0.5, 0.6) is 0 Å². The van der Waals surface area contributed by atoms with Gasteiger partial charge < -0.3 is 9.47 Å². The molecule has 4 heteroatoms. The van der Waals surface area contributed by atoms with E-state index in [2.05, 4.69) is 27.7 Å². The van der Waals surface area contributed by atoms with E-state index < -0.39 is 0 Å². The number of carbonyl (C=O) groups excluding carboxylic acids is 2. The quantitative estimate of drug-likeness (QED) is 0.0496. The Morgan fingerprint density at radius 2 is 0.543 bits per heavy atom. The molecular formula is C42H82O4. The molecule has 0 fully saturated rings. The van der Waals surface area contributed by atoms with Crippen LogP contribution >= 0.6 is 0 Å². The van der Waals surface area contributed by atoms with Gasteiger partial charge in [-0.15, -0.1) is 0 Å². The molecule has 0 unspecified atom stereocenters. The van der Waals surface area contributed by atoms with Crippen LogP contribution in [-0.2, 0) is 19.1 Å². The maximum absolute atomic E-state index is 12.0. The Balaban J connectivity index is 3.25. The lowest BCUT2D eigenvalue weighted by molar-refractivity contribution is -0.144. The van der Waals surface area contributed by atoms with Gasteiger partial charge in [-0.2, -0.15) is 0 Å². The number of esters is 2. The third-order valence-corrected chi connectivity index (χ3v) is 9.39. The van der Waals surface area contributed by atoms with E-state index in [4.69, 9.17) is 9.47 Å². The summed E-state index contributed by atoms with van der Waals surface area (Å²) in [5, 5.41) is 0. The molecule has 0 aromatic heterocycles. The molecule has 46 heavy (non-hydrogen) atoms. The van der Waals surface area contributed by atoms with Crippen LogP contribution in [0.4, 0.5) is 0 Å². The molecule has 0 saturated carbocycles. The summed E-state index contributed by atoms with van der Waals surface area (Å²) in [6.45, 7) is 10.4. The predicted molar refractivity (Wildman–Crippen MR) is 199 cm³/mol. The molecule has 0 rings (SSSR count). The second-order valence-electron chi connectivity index (χ2n) is 15.2. The average molecular weight is 651 g/mol. The summed E-state index contributed by atoms with van der Waals surface area (Å²) in [6, 6.07) is 0. The van der Waals surface area contributed by atoms with E-state index in [1.807, 2.05) is 0 Å². The third kappa shape index (κ3) is 39.1. The van der Waals surface area contributed by atoms with E-state index in [9.17, 15) is 9.59 Å². The first-order valence-electron chi connectivity index (χ1n) is 20.7. The highest BCUT2D eigenvalue weighted by molar-refractivity contribution is 5.69. The molecule has 274 valence electrons. The minimum absolute atomic E-state index is 0.0330. The third-order valence-electron chi connectivity index (χ3n) is 9.39. The first kappa shape index (κ1) is 44.9. The van der Waals surface area contributed by atoms with Crippen molar-refractivity contribution in [3.63, 3.8) is 0 Å². The largest absolute Gasteiger partial charge is 0.466 e. The molecule has 0 aliphatic rings. The Labute approximate surface area is 288 Å². The highest BCUT2D eigenvalue weighted by Gasteiger charge is 2.05. The zero-order valence-corrected chi connectivity index (χ0v) is 31.8. The van der Waals surface area contributed by atoms with Gasteiger partial charge >= 0.3 is 11.9 Å². The first-order chi connectivity index (χ1) is 22.4. The zero-order valence-electron chi connectivity index (χ0n) is 31.8. The van der Waals surface area contributed by atoms with E-state index in [0.717, 1.165) is 63.2 Å². The van der Waals surface area contributed by atoms with Gasteiger partial charge in [0.2, 0.25) is 0 Å². The molecule has 0 aromatic carbocycles. The van der Waals surface area contributed by atoms with Gasteiger partial charge in [0.1, 0.15) is 0 Å². The van der Waals surface area contributed by atoms with Gasteiger partial charge in [-0.05, 0) is 37.5 Å². The van der Waals surface area contributed by atoms with Crippen molar-refractivity contribution in [3.8, 4) is 0 Å². The molecule has 0 N–H and O–H groups in total. The van der Waals surface area contributed by atoms with Gasteiger partial charge in [-0.3, -0.25) is 9.59 Å². The van der Waals surface area contributed by atoms with E-state index in [1.165, 1.54) is 141 Å². The number of ether oxygens (including phenoxy) is 2. The maximum atomic E-state index is 12.0. The molecule has 0 aliphatic carbocycles. The predicted octanol–water partition coefficient (Wildman–Crippen LogP) is 13.9. The summed E-state index contributed by atoms with van der Waals surface area (Å²) in [6.07, 6.45) is 39.1. The highest BCUT2D eigenvalue weighted by Crippen LogP contribution is 2.16. The standard InChI is InChI=1S/C42H82O4/c1-39(2)33-27-21-15-11-7-5-9-13-19-25-31-37-45-41(43)35-29-23-17-18-24-30-36-42(44)46-38-32-26-20-14-10-6-8-12-16-22-28-34-40(3)4/h39-40H,5-38H2,1-4H3. The molecule has 0 atom stereocenters. The lowest BCUT2D eigenvalue weighted by Gasteiger charge is -2.06. The lowest BCUT2D eigenvalue weighted by Crippen LogP contribution is -2.06. The molecule has 0 saturated heterocycles. The molecule has 0 heterocycles. The summed E-state index contributed by atoms with van der Waals surface area (Å²) in [7, 11) is 0. The Morgan fingerprint density at radius 3 is 0.804 bits per heavy atom. The second-order valence-corrected chi connectivity index (χ2v) is 15.2. The van der Waals surface area contributed by atoms with Crippen LogP contribution in [0.25, 0.3) is 0 Å². The number of hydrogen-bond acceptors (Lipinski definition) is 4. The summed E-state index contributed by atoms with van der Waals surface area (Å²) >= 11 is 0. The number of unbranched alkanes of at least 4 members (excludes halogenated alkanes) is 25. The van der Waals surface area contributed by atoms with Crippen LogP contribution in [0.1, 0.15) is 233 Å². The summed E-state index contributed by atoms with van der Waals surface area (Å²) in [5.74, 6) is 1.64. The van der Waals surface area contributed by atoms with Crippen molar-refractivity contribution in [3.05, 3.63) is 0 Å². The minimum Gasteiger partial charge on any atom is -0.466 e. The average Bonchev–Trinajstić information content (AvgIpc) is 3.02. The zero-order chi connectivity index (χ0) is 33.8. The van der Waals surface area contributed by atoms with E-state index in [1.54, 1.807) is 0 Å². The topological polar surface area (TPSA) is 52.6 Å². The van der Waals surface area contributed by atoms with Crippen LogP contribution in [0.3, 0.4) is 0 Å². The Morgan fingerprint density at radius 1 is 0.326 bits per heavy atom. The monoisotopic (exact) mass is 651 g/mol. The van der Waals surface area contributed by atoms with Crippen LogP contribution < -0.4 is 0 Å². The fraction of sp³-hybridized carbons (Fsp3) is 0.952. The van der Waals surface area contributed by atoms with Crippen molar-refractivity contribution >= 4 is 11.9 Å². The fourth-order valence-electron chi connectivity index (χ4n) is 6.25. The maximum Gasteiger partial charge on any atom is 0.305 e. The Hall–Kier alpha value is -1.06. The van der Waals surface area contributed by atoms with Gasteiger partial charge in [0.25, 0.3) is 0 Å². The summed E-state index contributed by atoms with van der Waals surface area (Å²) in [5.41, 5.74) is 0. The molecular weight excluding hydrogens is 568 g/mol. The van der Waals surface area contributed by atoms with Gasteiger partial charge in [0.15, 0.2) is 0 Å². The lowest BCUT2D eigenvalue weighted by atomic mass is 10.0. The number of carbonyl (C=O) groups is 2. The van der Waals surface area contributed by atoms with Crippen molar-refractivity contribution in [2.45, 2.75) is 233 Å². The van der Waals surface area contributed by atoms with Crippen molar-refractivity contribution in [2.24, 2.45) is 11.8 Å². The smallest absolute Gasteiger partial charge is 0.305 e. The van der Waals surface area contributed by atoms with Gasteiger partial charge in [-0.25, -0.2) is 0 Å². The van der Waals surface area contributed by atoms with E-state index in [-0.39, 0.29) is 11.9 Å². The molecule has 0 amide bonds. The fourth-order valence-corrected chi connectivity index (χ4v) is 6.25. The van der Waals surface area contributed by atoms with Gasteiger partial charge in [0.05, 0.1) is 13.2 Å². The van der Waals surface area contributed by atoms with Crippen LogP contribution in [0.15, 0.2) is 0 Å². The molecule has 0 aromatic rings. The number of hydrogen-bond donors (Lipinski definition) is 0. The van der Waals surface area contributed by atoms with Crippen molar-refractivity contribution in [1.29, 1.82) is 0 Å². The molecule has 0 spiro atoms. The molecule has 0 radical (unpaired) electrons. The highest BCUT2D eigenvalue weighted by atomic mass is 16.5. The minimum atomic E-state index is -0.0330. The van der Waals surface area contributed by atoms with Crippen LogP contribution in [0.2, 0.25) is 0 Å². The molecule has 0 bridgehead atoms. The first-order valence-corrected chi connectivity index (χ1v) is 20.7. The van der Waals surface area contributed by atoms with Gasteiger partial charge in [0, 0.05) is 12.8 Å². The van der Waals surface area contributed by atoms with Crippen LogP contribution in [-0.4, -0.2) is 25.2 Å². The van der Waals surface area contributed by atoms with E-state index in [0.29, 0.717) is 26.1 Å². The number of rotatable bonds is 37. The molecule has 4 nitrogen and oxygen atoms in total.